The van der Waals surface area contributed by atoms with Crippen molar-refractivity contribution in [2.24, 2.45) is 11.7 Å². The van der Waals surface area contributed by atoms with Crippen LogP contribution in [0.4, 0.5) is 13.2 Å². The van der Waals surface area contributed by atoms with E-state index in [4.69, 9.17) is 5.73 Å². The molecule has 0 spiro atoms. The summed E-state index contributed by atoms with van der Waals surface area (Å²) in [6.07, 6.45) is -1.67. The largest absolute Gasteiger partial charge is 0.391 e. The monoisotopic (exact) mass is 284 g/mol. The van der Waals surface area contributed by atoms with Crippen LogP contribution in [0.5, 0.6) is 0 Å². The van der Waals surface area contributed by atoms with E-state index >= 15 is 0 Å². The summed E-state index contributed by atoms with van der Waals surface area (Å²) in [7, 11) is 0. The highest BCUT2D eigenvalue weighted by molar-refractivity contribution is 7.98. The van der Waals surface area contributed by atoms with E-state index in [0.717, 1.165) is 5.75 Å². The van der Waals surface area contributed by atoms with Crippen molar-refractivity contribution >= 4 is 17.7 Å². The number of hydrogen-bond acceptors (Lipinski definition) is 3. The van der Waals surface area contributed by atoms with Gasteiger partial charge in [-0.3, -0.25) is 4.79 Å². The summed E-state index contributed by atoms with van der Waals surface area (Å²) < 4.78 is 37.4. The molecule has 7 heteroatoms. The van der Waals surface area contributed by atoms with Crippen molar-refractivity contribution in [2.75, 3.05) is 25.1 Å². The van der Waals surface area contributed by atoms with Crippen LogP contribution in [0.1, 0.15) is 19.3 Å². The van der Waals surface area contributed by atoms with Crippen LogP contribution in [0.15, 0.2) is 0 Å². The Balaban J connectivity index is 2.40. The van der Waals surface area contributed by atoms with Crippen LogP contribution in [0.2, 0.25) is 0 Å². The Bertz CT molecular complexity index is 278. The zero-order chi connectivity index (χ0) is 13.8. The summed E-state index contributed by atoms with van der Waals surface area (Å²) in [5, 5.41) is 0. The highest BCUT2D eigenvalue weighted by Crippen LogP contribution is 2.34. The molecule has 3 nitrogen and oxygen atoms in total. The zero-order valence-electron chi connectivity index (χ0n) is 10.4. The van der Waals surface area contributed by atoms with E-state index in [1.165, 1.54) is 4.90 Å². The summed E-state index contributed by atoms with van der Waals surface area (Å²) in [5.74, 6) is -0.708. The number of hydrogen-bond donors (Lipinski definition) is 1. The molecule has 2 N–H and O–H groups in total. The van der Waals surface area contributed by atoms with Crippen LogP contribution in [0.3, 0.4) is 0 Å². The Morgan fingerprint density at radius 1 is 1.44 bits per heavy atom. The van der Waals surface area contributed by atoms with E-state index in [2.05, 4.69) is 0 Å². The third-order valence-electron chi connectivity index (χ3n) is 3.22. The molecule has 1 aliphatic rings. The minimum atomic E-state index is -4.14. The highest BCUT2D eigenvalue weighted by Gasteiger charge is 2.42. The van der Waals surface area contributed by atoms with Gasteiger partial charge < -0.3 is 10.6 Å². The smallest absolute Gasteiger partial charge is 0.341 e. The Hall–Kier alpha value is -0.430. The van der Waals surface area contributed by atoms with Gasteiger partial charge in [-0.05, 0) is 31.3 Å². The predicted molar refractivity (Wildman–Crippen MR) is 66.3 cm³/mol. The average molecular weight is 284 g/mol. The van der Waals surface area contributed by atoms with Gasteiger partial charge in [-0.15, -0.1) is 0 Å². The van der Waals surface area contributed by atoms with E-state index in [1.807, 2.05) is 6.26 Å². The molecule has 0 radical (unpaired) electrons. The molecule has 1 aliphatic heterocycles. The van der Waals surface area contributed by atoms with Gasteiger partial charge in [0.1, 0.15) is 0 Å². The summed E-state index contributed by atoms with van der Waals surface area (Å²) in [4.78, 5) is 13.3. The lowest BCUT2D eigenvalue weighted by Crippen LogP contribution is -2.48. The summed E-state index contributed by atoms with van der Waals surface area (Å²) in [5.41, 5.74) is 5.73. The molecule has 0 unspecified atom stereocenters. The molecular formula is C11H19F3N2OS. The maximum absolute atomic E-state index is 12.5. The van der Waals surface area contributed by atoms with Gasteiger partial charge in [-0.1, -0.05) is 0 Å². The number of nitrogens with zero attached hydrogens (tertiary/aromatic N) is 1. The van der Waals surface area contributed by atoms with Gasteiger partial charge in [0, 0.05) is 13.1 Å². The fourth-order valence-corrected chi connectivity index (χ4v) is 2.52. The first-order chi connectivity index (χ1) is 8.36. The van der Waals surface area contributed by atoms with Crippen LogP contribution >= 0.6 is 11.8 Å². The molecule has 106 valence electrons. The fourth-order valence-electron chi connectivity index (χ4n) is 2.03. The molecule has 1 rings (SSSR count). The first-order valence-electron chi connectivity index (χ1n) is 5.96. The Morgan fingerprint density at radius 3 is 2.44 bits per heavy atom. The van der Waals surface area contributed by atoms with Gasteiger partial charge in [0.25, 0.3) is 0 Å². The minimum absolute atomic E-state index is 0.00944. The first kappa shape index (κ1) is 15.6. The molecule has 1 heterocycles. The van der Waals surface area contributed by atoms with Crippen LogP contribution in [-0.2, 0) is 4.79 Å². The first-order valence-corrected chi connectivity index (χ1v) is 7.35. The van der Waals surface area contributed by atoms with Crippen LogP contribution < -0.4 is 5.73 Å². The van der Waals surface area contributed by atoms with Gasteiger partial charge in [0.15, 0.2) is 0 Å². The molecule has 1 amide bonds. The SMILES string of the molecule is CSCC[C@@H](N)C(=O)N1CCC(C(F)(F)F)CC1. The lowest BCUT2D eigenvalue weighted by atomic mass is 9.96. The summed E-state index contributed by atoms with van der Waals surface area (Å²) >= 11 is 1.60. The number of halogens is 3. The second-order valence-electron chi connectivity index (χ2n) is 4.53. The third-order valence-corrected chi connectivity index (χ3v) is 3.86. The quantitative estimate of drug-likeness (QED) is 0.857. The number of carbonyl (C=O) groups is 1. The maximum atomic E-state index is 12.5. The summed E-state index contributed by atoms with van der Waals surface area (Å²) in [6.45, 7) is 0.325. The van der Waals surface area contributed by atoms with E-state index in [-0.39, 0.29) is 31.8 Å². The fraction of sp³-hybridized carbons (Fsp3) is 0.909. The highest BCUT2D eigenvalue weighted by atomic mass is 32.2. The van der Waals surface area contributed by atoms with E-state index < -0.39 is 18.1 Å². The standard InChI is InChI=1S/C11H19F3N2OS/c1-18-7-4-9(15)10(17)16-5-2-8(3-6-16)11(12,13)14/h8-9H,2-7,15H2,1H3/t9-/m1/s1. The van der Waals surface area contributed by atoms with E-state index in [1.54, 1.807) is 11.8 Å². The lowest BCUT2D eigenvalue weighted by molar-refractivity contribution is -0.186. The van der Waals surface area contributed by atoms with Crippen molar-refractivity contribution in [3.05, 3.63) is 0 Å². The molecule has 0 aliphatic carbocycles. The average Bonchev–Trinajstić information content (AvgIpc) is 2.34. The number of likely N-dealkylation sites (tertiary alicyclic amines) is 1. The molecule has 0 aromatic carbocycles. The van der Waals surface area contributed by atoms with E-state index in [9.17, 15) is 18.0 Å². The Kier molecular flexibility index (Phi) is 5.78. The van der Waals surface area contributed by atoms with Gasteiger partial charge in [-0.2, -0.15) is 24.9 Å². The lowest BCUT2D eigenvalue weighted by Gasteiger charge is -2.34. The number of piperidine rings is 1. The van der Waals surface area contributed by atoms with Crippen molar-refractivity contribution < 1.29 is 18.0 Å². The number of rotatable bonds is 4. The van der Waals surface area contributed by atoms with Crippen LogP contribution in [0, 0.1) is 5.92 Å². The van der Waals surface area contributed by atoms with Crippen molar-refractivity contribution in [1.29, 1.82) is 0 Å². The van der Waals surface area contributed by atoms with Crippen molar-refractivity contribution in [3.63, 3.8) is 0 Å². The molecule has 18 heavy (non-hydrogen) atoms. The molecule has 1 atom stereocenters. The van der Waals surface area contributed by atoms with Gasteiger partial charge in [0.2, 0.25) is 5.91 Å². The normalized spacial score (nSPS) is 19.9. The molecule has 1 fully saturated rings. The minimum Gasteiger partial charge on any atom is -0.341 e. The van der Waals surface area contributed by atoms with E-state index in [0.29, 0.717) is 6.42 Å². The number of nitrogens with two attached hydrogens (primary N) is 1. The van der Waals surface area contributed by atoms with Gasteiger partial charge >= 0.3 is 6.18 Å². The number of thioether (sulfide) groups is 1. The number of alkyl halides is 3. The number of carbonyl (C=O) groups excluding carboxylic acids is 1. The van der Waals surface area contributed by atoms with Crippen LogP contribution in [0.25, 0.3) is 0 Å². The molecule has 0 aromatic rings. The van der Waals surface area contributed by atoms with Crippen molar-refractivity contribution in [3.8, 4) is 0 Å². The number of amides is 1. The molecule has 0 bridgehead atoms. The second kappa shape index (κ2) is 6.65. The van der Waals surface area contributed by atoms with Crippen LogP contribution in [-0.4, -0.2) is 48.1 Å². The maximum Gasteiger partial charge on any atom is 0.391 e. The van der Waals surface area contributed by atoms with Gasteiger partial charge in [0.05, 0.1) is 12.0 Å². The predicted octanol–water partition coefficient (Wildman–Crippen LogP) is 1.87. The van der Waals surface area contributed by atoms with Crippen molar-refractivity contribution in [1.82, 2.24) is 4.90 Å². The molecule has 0 aromatic heterocycles. The molecule has 1 saturated heterocycles. The summed E-state index contributed by atoms with van der Waals surface area (Å²) in [6, 6.07) is -0.583. The Labute approximate surface area is 109 Å². The molecule has 0 saturated carbocycles. The molecular weight excluding hydrogens is 265 g/mol. The third kappa shape index (κ3) is 4.35. The Morgan fingerprint density at radius 2 is 2.00 bits per heavy atom. The van der Waals surface area contributed by atoms with Crippen molar-refractivity contribution in [2.45, 2.75) is 31.5 Å². The topological polar surface area (TPSA) is 46.3 Å². The van der Waals surface area contributed by atoms with Gasteiger partial charge in [-0.25, -0.2) is 0 Å². The zero-order valence-corrected chi connectivity index (χ0v) is 11.2. The second-order valence-corrected chi connectivity index (χ2v) is 5.51.